The molecule has 2 nitrogen and oxygen atoms in total. The zero-order chi connectivity index (χ0) is 13.1. The van der Waals surface area contributed by atoms with E-state index in [1.165, 1.54) is 29.7 Å². The van der Waals surface area contributed by atoms with Gasteiger partial charge in [-0.05, 0) is 30.9 Å². The van der Waals surface area contributed by atoms with Gasteiger partial charge in [0.15, 0.2) is 0 Å². The Morgan fingerprint density at radius 1 is 1.21 bits per heavy atom. The number of hydrogen-bond donors (Lipinski definition) is 2. The summed E-state index contributed by atoms with van der Waals surface area (Å²) in [5.74, 6) is 0. The van der Waals surface area contributed by atoms with Crippen molar-refractivity contribution in [3.63, 3.8) is 0 Å². The van der Waals surface area contributed by atoms with Crippen molar-refractivity contribution >= 4 is 11.8 Å². The minimum absolute atomic E-state index is 0.436. The number of fused-ring (bicyclic) bond motifs is 1. The van der Waals surface area contributed by atoms with Crippen LogP contribution in [0.5, 0.6) is 0 Å². The van der Waals surface area contributed by atoms with Crippen molar-refractivity contribution in [1.82, 2.24) is 5.32 Å². The molecule has 2 N–H and O–H groups in total. The number of nitrogens with one attached hydrogen (secondary N) is 1. The smallest absolute Gasteiger partial charge is 0.0771 e. The molecule has 1 aromatic carbocycles. The molecule has 0 saturated heterocycles. The third-order valence-corrected chi connectivity index (χ3v) is 5.64. The van der Waals surface area contributed by atoms with Crippen molar-refractivity contribution < 1.29 is 5.11 Å². The molecule has 0 spiro atoms. The van der Waals surface area contributed by atoms with Gasteiger partial charge in [0.2, 0.25) is 0 Å². The molecule has 1 unspecified atom stereocenters. The monoisotopic (exact) mass is 277 g/mol. The van der Waals surface area contributed by atoms with Crippen molar-refractivity contribution in [3.05, 3.63) is 29.8 Å². The average molecular weight is 277 g/mol. The molecule has 1 aliphatic heterocycles. The lowest BCUT2D eigenvalue weighted by atomic mass is 9.85. The first kappa shape index (κ1) is 13.5. The number of hydrogen-bond acceptors (Lipinski definition) is 3. The lowest BCUT2D eigenvalue weighted by molar-refractivity contribution is 0.00517. The normalized spacial score (nSPS) is 25.2. The van der Waals surface area contributed by atoms with Gasteiger partial charge in [-0.1, -0.05) is 37.5 Å². The topological polar surface area (TPSA) is 32.3 Å². The quantitative estimate of drug-likeness (QED) is 0.887. The summed E-state index contributed by atoms with van der Waals surface area (Å²) in [7, 11) is 0. The van der Waals surface area contributed by atoms with Crippen LogP contribution in [0.2, 0.25) is 0 Å². The van der Waals surface area contributed by atoms with Crippen molar-refractivity contribution in [2.45, 2.75) is 54.3 Å². The highest BCUT2D eigenvalue weighted by Gasteiger charge is 2.29. The molecule has 1 heterocycles. The molecule has 0 aromatic heterocycles. The van der Waals surface area contributed by atoms with Crippen molar-refractivity contribution in [1.29, 1.82) is 0 Å². The Labute approximate surface area is 120 Å². The molecular formula is C16H23NOS. The van der Waals surface area contributed by atoms with Crippen molar-refractivity contribution in [2.75, 3.05) is 13.1 Å². The van der Waals surface area contributed by atoms with Crippen molar-refractivity contribution in [3.8, 4) is 0 Å². The molecule has 1 aliphatic carbocycles. The molecule has 1 saturated carbocycles. The van der Waals surface area contributed by atoms with E-state index in [1.807, 2.05) is 11.8 Å². The summed E-state index contributed by atoms with van der Waals surface area (Å²) in [5.41, 5.74) is 1.05. The second kappa shape index (κ2) is 5.86. The van der Waals surface area contributed by atoms with Crippen LogP contribution < -0.4 is 5.32 Å². The van der Waals surface area contributed by atoms with E-state index in [-0.39, 0.29) is 0 Å². The maximum absolute atomic E-state index is 10.4. The molecule has 3 heteroatoms. The van der Waals surface area contributed by atoms with E-state index < -0.39 is 5.60 Å². The fourth-order valence-electron chi connectivity index (χ4n) is 3.22. The fraction of sp³-hybridized carbons (Fsp3) is 0.625. The zero-order valence-corrected chi connectivity index (χ0v) is 12.2. The molecule has 0 bridgehead atoms. The van der Waals surface area contributed by atoms with Gasteiger partial charge >= 0.3 is 0 Å². The molecule has 1 atom stereocenters. The highest BCUT2D eigenvalue weighted by atomic mass is 32.2. The van der Waals surface area contributed by atoms with Gasteiger partial charge in [-0.2, -0.15) is 0 Å². The van der Waals surface area contributed by atoms with Gasteiger partial charge in [-0.15, -0.1) is 11.8 Å². The van der Waals surface area contributed by atoms with Gasteiger partial charge in [-0.3, -0.25) is 0 Å². The predicted molar refractivity (Wildman–Crippen MR) is 80.7 cm³/mol. The fourth-order valence-corrected chi connectivity index (χ4v) is 4.50. The zero-order valence-electron chi connectivity index (χ0n) is 11.4. The average Bonchev–Trinajstić information content (AvgIpc) is 2.82. The third kappa shape index (κ3) is 3.33. The molecule has 19 heavy (non-hydrogen) atoms. The minimum atomic E-state index is -0.436. The van der Waals surface area contributed by atoms with Crippen LogP contribution in [-0.2, 0) is 6.42 Å². The van der Waals surface area contributed by atoms with Crippen LogP contribution >= 0.6 is 11.8 Å². The Morgan fingerprint density at radius 2 is 2.00 bits per heavy atom. The molecule has 1 aromatic rings. The van der Waals surface area contributed by atoms with Crippen LogP contribution in [0.15, 0.2) is 29.2 Å². The Bertz CT molecular complexity index is 404. The Morgan fingerprint density at radius 3 is 2.79 bits per heavy atom. The summed E-state index contributed by atoms with van der Waals surface area (Å²) < 4.78 is 0. The van der Waals surface area contributed by atoms with E-state index in [0.29, 0.717) is 5.25 Å². The Hall–Kier alpha value is -0.510. The first-order valence-corrected chi connectivity index (χ1v) is 8.31. The van der Waals surface area contributed by atoms with Gasteiger partial charge in [0.05, 0.1) is 5.60 Å². The van der Waals surface area contributed by atoms with Gasteiger partial charge in [0.25, 0.3) is 0 Å². The number of rotatable bonds is 4. The molecule has 0 radical (unpaired) electrons. The molecule has 0 amide bonds. The third-order valence-electron chi connectivity index (χ3n) is 4.32. The summed E-state index contributed by atoms with van der Waals surface area (Å²) in [6.45, 7) is 1.77. The summed E-state index contributed by atoms with van der Waals surface area (Å²) in [5, 5.41) is 14.6. The number of thioether (sulfide) groups is 1. The predicted octanol–water partition coefficient (Wildman–Crippen LogP) is 2.99. The van der Waals surface area contributed by atoms with E-state index in [2.05, 4.69) is 29.6 Å². The van der Waals surface area contributed by atoms with Gasteiger partial charge in [-0.25, -0.2) is 0 Å². The molecule has 104 valence electrons. The summed E-state index contributed by atoms with van der Waals surface area (Å²) in [6, 6.07) is 8.69. The summed E-state index contributed by atoms with van der Waals surface area (Å²) >= 11 is 1.98. The Balaban J connectivity index is 1.44. The second-order valence-corrected chi connectivity index (χ2v) is 7.31. The van der Waals surface area contributed by atoms with E-state index in [1.54, 1.807) is 0 Å². The van der Waals surface area contributed by atoms with Crippen LogP contribution in [0.25, 0.3) is 0 Å². The van der Waals surface area contributed by atoms with Gasteiger partial charge in [0.1, 0.15) is 0 Å². The Kier molecular flexibility index (Phi) is 4.15. The number of benzene rings is 1. The van der Waals surface area contributed by atoms with Crippen LogP contribution in [0.4, 0.5) is 0 Å². The van der Waals surface area contributed by atoms with E-state index in [9.17, 15) is 5.11 Å². The van der Waals surface area contributed by atoms with Gasteiger partial charge in [0, 0.05) is 23.2 Å². The highest BCUT2D eigenvalue weighted by Crippen LogP contribution is 2.36. The van der Waals surface area contributed by atoms with E-state index >= 15 is 0 Å². The van der Waals surface area contributed by atoms with Crippen LogP contribution in [0.1, 0.15) is 37.7 Å². The van der Waals surface area contributed by atoms with Crippen LogP contribution in [-0.4, -0.2) is 29.0 Å². The van der Waals surface area contributed by atoms with Crippen molar-refractivity contribution in [2.24, 2.45) is 0 Å². The van der Waals surface area contributed by atoms with E-state index in [4.69, 9.17) is 0 Å². The van der Waals surface area contributed by atoms with E-state index in [0.717, 1.165) is 32.4 Å². The molecular weight excluding hydrogens is 254 g/mol. The highest BCUT2D eigenvalue weighted by molar-refractivity contribution is 8.00. The van der Waals surface area contributed by atoms with Crippen LogP contribution in [0.3, 0.4) is 0 Å². The molecule has 2 aliphatic rings. The molecule has 3 rings (SSSR count). The second-order valence-electron chi connectivity index (χ2n) is 5.97. The SMILES string of the molecule is OC1(CNCC2Cc3ccccc3S2)CCCCC1. The lowest BCUT2D eigenvalue weighted by Crippen LogP contribution is -2.43. The summed E-state index contributed by atoms with van der Waals surface area (Å²) in [6.07, 6.45) is 6.75. The summed E-state index contributed by atoms with van der Waals surface area (Å²) in [4.78, 5) is 1.44. The molecule has 1 fully saturated rings. The first-order valence-electron chi connectivity index (χ1n) is 7.43. The largest absolute Gasteiger partial charge is 0.389 e. The lowest BCUT2D eigenvalue weighted by Gasteiger charge is -2.32. The maximum atomic E-state index is 10.4. The standard InChI is InChI=1S/C16H23NOS/c18-16(8-4-1-5-9-16)12-17-11-14-10-13-6-2-3-7-15(13)19-14/h2-3,6-7,14,17-18H,1,4-5,8-12H2. The van der Waals surface area contributed by atoms with Gasteiger partial charge < -0.3 is 10.4 Å². The minimum Gasteiger partial charge on any atom is -0.389 e. The maximum Gasteiger partial charge on any atom is 0.0771 e. The van der Waals surface area contributed by atoms with Crippen LogP contribution in [0, 0.1) is 0 Å². The first-order chi connectivity index (χ1) is 9.25. The number of aliphatic hydroxyl groups is 1.